The van der Waals surface area contributed by atoms with Crippen LogP contribution in [0, 0.1) is 10.1 Å². The van der Waals surface area contributed by atoms with Crippen LogP contribution >= 0.6 is 11.6 Å². The quantitative estimate of drug-likeness (QED) is 0.572. The molecular weight excluding hydrogens is 272 g/mol. The van der Waals surface area contributed by atoms with Gasteiger partial charge in [0.1, 0.15) is 0 Å². The second-order valence-corrected chi connectivity index (χ2v) is 4.78. The minimum absolute atomic E-state index is 0.0608. The zero-order valence-electron chi connectivity index (χ0n) is 10.1. The molecule has 0 bridgehead atoms. The average Bonchev–Trinajstić information content (AvgIpc) is 2.74. The van der Waals surface area contributed by atoms with Gasteiger partial charge >= 0.3 is 0 Å². The van der Waals surface area contributed by atoms with E-state index in [1.807, 2.05) is 6.92 Å². The van der Waals surface area contributed by atoms with E-state index in [9.17, 15) is 14.9 Å². The Morgan fingerprint density at radius 3 is 2.79 bits per heavy atom. The number of nitro groups is 1. The van der Waals surface area contributed by atoms with Crippen LogP contribution in [0.2, 0.25) is 5.02 Å². The molecule has 2 unspecified atom stereocenters. The molecule has 3 N–H and O–H groups in total. The van der Waals surface area contributed by atoms with Crippen LogP contribution < -0.4 is 16.2 Å². The number of hydrogen-bond acceptors (Lipinski definition) is 5. The number of hydrazine groups is 1. The SMILES string of the molecule is CC1CC(NC(=O)c2ccc([N+](=O)[O-])cc2Cl)NN1. The smallest absolute Gasteiger partial charge is 0.270 e. The van der Waals surface area contributed by atoms with E-state index in [1.165, 1.54) is 18.2 Å². The largest absolute Gasteiger partial charge is 0.335 e. The second-order valence-electron chi connectivity index (χ2n) is 4.37. The molecule has 1 fully saturated rings. The van der Waals surface area contributed by atoms with E-state index < -0.39 is 4.92 Å². The summed E-state index contributed by atoms with van der Waals surface area (Å²) < 4.78 is 0. The summed E-state index contributed by atoms with van der Waals surface area (Å²) in [4.78, 5) is 22.0. The lowest BCUT2D eigenvalue weighted by molar-refractivity contribution is -0.384. The molecule has 2 rings (SSSR count). The highest BCUT2D eigenvalue weighted by Gasteiger charge is 2.23. The molecule has 8 heteroatoms. The first-order chi connectivity index (χ1) is 8.97. The summed E-state index contributed by atoms with van der Waals surface area (Å²) in [6.45, 7) is 1.98. The van der Waals surface area contributed by atoms with E-state index in [-0.39, 0.29) is 34.4 Å². The normalized spacial score (nSPS) is 22.2. The van der Waals surface area contributed by atoms with Crippen LogP contribution in [0.3, 0.4) is 0 Å². The Bertz CT molecular complexity index is 523. The summed E-state index contributed by atoms with van der Waals surface area (Å²) in [6, 6.07) is 4.03. The third-order valence-electron chi connectivity index (χ3n) is 2.81. The Morgan fingerprint density at radius 1 is 1.53 bits per heavy atom. The Hall–Kier alpha value is -1.70. The Kier molecular flexibility index (Phi) is 3.98. The van der Waals surface area contributed by atoms with Gasteiger partial charge in [-0.1, -0.05) is 11.6 Å². The van der Waals surface area contributed by atoms with Gasteiger partial charge in [-0.2, -0.15) is 0 Å². The van der Waals surface area contributed by atoms with Gasteiger partial charge in [0.2, 0.25) is 0 Å². The highest BCUT2D eigenvalue weighted by molar-refractivity contribution is 6.34. The lowest BCUT2D eigenvalue weighted by atomic mass is 10.1. The Labute approximate surface area is 114 Å². The summed E-state index contributed by atoms with van der Waals surface area (Å²) in [5, 5.41) is 13.4. The van der Waals surface area contributed by atoms with E-state index in [0.29, 0.717) is 0 Å². The van der Waals surface area contributed by atoms with Gasteiger partial charge in [0.25, 0.3) is 11.6 Å². The lowest BCUT2D eigenvalue weighted by Crippen LogP contribution is -2.44. The first kappa shape index (κ1) is 13.7. The molecule has 2 atom stereocenters. The summed E-state index contributed by atoms with van der Waals surface area (Å²) in [5.41, 5.74) is 5.97. The van der Waals surface area contributed by atoms with Gasteiger partial charge in [-0.25, -0.2) is 5.43 Å². The molecule has 1 aliphatic heterocycles. The molecule has 0 aliphatic carbocycles. The standard InChI is InChI=1S/C11H13ClN4O3/c1-6-4-10(15-14-6)13-11(17)8-3-2-7(16(18)19)5-9(8)12/h2-3,5-6,10,14-15H,4H2,1H3,(H,13,17). The van der Waals surface area contributed by atoms with Gasteiger partial charge in [0.15, 0.2) is 0 Å². The summed E-state index contributed by atoms with van der Waals surface area (Å²) in [5.74, 6) is -0.367. The number of hydrogen-bond donors (Lipinski definition) is 3. The fourth-order valence-corrected chi connectivity index (χ4v) is 2.11. The van der Waals surface area contributed by atoms with Gasteiger partial charge in [-0.15, -0.1) is 0 Å². The van der Waals surface area contributed by atoms with Crippen molar-refractivity contribution in [3.63, 3.8) is 0 Å². The number of amides is 1. The predicted molar refractivity (Wildman–Crippen MR) is 69.7 cm³/mol. The van der Waals surface area contributed by atoms with Crippen LogP contribution in [-0.2, 0) is 0 Å². The number of non-ortho nitro benzene ring substituents is 1. The first-order valence-corrected chi connectivity index (χ1v) is 6.11. The van der Waals surface area contributed by atoms with Crippen LogP contribution in [0.1, 0.15) is 23.7 Å². The molecule has 0 spiro atoms. The fourth-order valence-electron chi connectivity index (χ4n) is 1.85. The number of benzene rings is 1. The van der Waals surface area contributed by atoms with Crippen molar-refractivity contribution in [3.05, 3.63) is 38.9 Å². The van der Waals surface area contributed by atoms with E-state index >= 15 is 0 Å². The third-order valence-corrected chi connectivity index (χ3v) is 3.12. The van der Waals surface area contributed by atoms with Crippen molar-refractivity contribution in [2.24, 2.45) is 0 Å². The molecule has 1 aliphatic rings. The van der Waals surface area contributed by atoms with Crippen molar-refractivity contribution in [2.75, 3.05) is 0 Å². The molecular formula is C11H13ClN4O3. The Morgan fingerprint density at radius 2 is 2.26 bits per heavy atom. The van der Waals surface area contributed by atoms with E-state index in [0.717, 1.165) is 6.42 Å². The van der Waals surface area contributed by atoms with Crippen LogP contribution in [0.25, 0.3) is 0 Å². The minimum Gasteiger partial charge on any atom is -0.335 e. The van der Waals surface area contributed by atoms with Crippen molar-refractivity contribution in [3.8, 4) is 0 Å². The zero-order valence-corrected chi connectivity index (χ0v) is 10.9. The molecule has 1 heterocycles. The molecule has 0 aromatic heterocycles. The number of nitrogens with zero attached hydrogens (tertiary/aromatic N) is 1. The second kappa shape index (κ2) is 5.52. The van der Waals surface area contributed by atoms with Gasteiger partial charge in [0.05, 0.1) is 21.7 Å². The maximum atomic E-state index is 12.0. The summed E-state index contributed by atoms with van der Waals surface area (Å²) in [7, 11) is 0. The molecule has 7 nitrogen and oxygen atoms in total. The Balaban J connectivity index is 2.09. The van der Waals surface area contributed by atoms with Crippen LogP contribution in [-0.4, -0.2) is 23.0 Å². The maximum absolute atomic E-state index is 12.0. The lowest BCUT2D eigenvalue weighted by Gasteiger charge is -2.12. The van der Waals surface area contributed by atoms with Crippen molar-refractivity contribution in [1.29, 1.82) is 0 Å². The summed E-state index contributed by atoms with van der Waals surface area (Å²) >= 11 is 5.88. The van der Waals surface area contributed by atoms with Gasteiger partial charge < -0.3 is 5.32 Å². The molecule has 1 amide bonds. The van der Waals surface area contributed by atoms with E-state index in [4.69, 9.17) is 11.6 Å². The monoisotopic (exact) mass is 284 g/mol. The zero-order chi connectivity index (χ0) is 14.0. The molecule has 19 heavy (non-hydrogen) atoms. The van der Waals surface area contributed by atoms with Crippen molar-refractivity contribution in [2.45, 2.75) is 25.6 Å². The van der Waals surface area contributed by atoms with Crippen LogP contribution in [0.15, 0.2) is 18.2 Å². The van der Waals surface area contributed by atoms with E-state index in [2.05, 4.69) is 16.2 Å². The number of halogens is 1. The molecule has 1 aromatic rings. The number of nitro benzene ring substituents is 1. The molecule has 1 aromatic carbocycles. The van der Waals surface area contributed by atoms with Gasteiger partial charge in [-0.05, 0) is 19.4 Å². The number of carbonyl (C=O) groups is 1. The third kappa shape index (κ3) is 3.19. The van der Waals surface area contributed by atoms with Gasteiger partial charge in [-0.3, -0.25) is 20.3 Å². The van der Waals surface area contributed by atoms with Crippen LogP contribution in [0.4, 0.5) is 5.69 Å². The topological polar surface area (TPSA) is 96.3 Å². The van der Waals surface area contributed by atoms with E-state index in [1.54, 1.807) is 0 Å². The number of rotatable bonds is 3. The average molecular weight is 285 g/mol. The first-order valence-electron chi connectivity index (χ1n) is 5.73. The highest BCUT2D eigenvalue weighted by atomic mass is 35.5. The number of nitrogens with one attached hydrogen (secondary N) is 3. The summed E-state index contributed by atoms with van der Waals surface area (Å²) in [6.07, 6.45) is 0.560. The van der Waals surface area contributed by atoms with Crippen LogP contribution in [0.5, 0.6) is 0 Å². The maximum Gasteiger partial charge on any atom is 0.270 e. The van der Waals surface area contributed by atoms with Crippen molar-refractivity contribution < 1.29 is 9.72 Å². The fraction of sp³-hybridized carbons (Fsp3) is 0.364. The van der Waals surface area contributed by atoms with Gasteiger partial charge in [0, 0.05) is 18.2 Å². The molecule has 102 valence electrons. The van der Waals surface area contributed by atoms with Crippen molar-refractivity contribution >= 4 is 23.2 Å². The molecule has 1 saturated heterocycles. The predicted octanol–water partition coefficient (Wildman–Crippen LogP) is 1.19. The number of carbonyl (C=O) groups excluding carboxylic acids is 1. The molecule has 0 radical (unpaired) electrons. The highest BCUT2D eigenvalue weighted by Crippen LogP contribution is 2.22. The molecule has 0 saturated carbocycles. The minimum atomic E-state index is -0.558. The van der Waals surface area contributed by atoms with Crippen molar-refractivity contribution in [1.82, 2.24) is 16.2 Å².